The molecular formula is C13H15FN2OS. The number of rotatable bonds is 6. The third-order valence-corrected chi connectivity index (χ3v) is 3.16. The second-order valence-corrected chi connectivity index (χ2v) is 4.74. The molecule has 0 radical (unpaired) electrons. The average molecular weight is 266 g/mol. The lowest BCUT2D eigenvalue weighted by Crippen LogP contribution is -2.11. The molecule has 1 N–H and O–H groups in total. The van der Waals surface area contributed by atoms with Crippen molar-refractivity contribution < 1.29 is 9.13 Å². The van der Waals surface area contributed by atoms with Crippen LogP contribution < -0.4 is 10.1 Å². The van der Waals surface area contributed by atoms with E-state index in [1.54, 1.807) is 12.3 Å². The van der Waals surface area contributed by atoms with Crippen LogP contribution in [0.5, 0.6) is 5.75 Å². The van der Waals surface area contributed by atoms with Gasteiger partial charge in [0, 0.05) is 18.1 Å². The van der Waals surface area contributed by atoms with E-state index in [0.29, 0.717) is 13.2 Å². The monoisotopic (exact) mass is 266 g/mol. The van der Waals surface area contributed by atoms with Crippen LogP contribution in [0.1, 0.15) is 17.5 Å². The van der Waals surface area contributed by atoms with E-state index < -0.39 is 0 Å². The van der Waals surface area contributed by atoms with E-state index in [-0.39, 0.29) is 11.6 Å². The fourth-order valence-electron chi connectivity index (χ4n) is 1.50. The molecule has 1 heterocycles. The number of halogens is 1. The van der Waals surface area contributed by atoms with Crippen LogP contribution in [0.4, 0.5) is 4.39 Å². The fourth-order valence-corrected chi connectivity index (χ4v) is 2.03. The van der Waals surface area contributed by atoms with Crippen molar-refractivity contribution in [2.75, 3.05) is 6.54 Å². The SMILES string of the molecule is CCNCc1ccc(OCc2nccs2)c(F)c1. The van der Waals surface area contributed by atoms with Crippen LogP contribution >= 0.6 is 11.3 Å². The molecule has 1 aromatic carbocycles. The largest absolute Gasteiger partial charge is 0.483 e. The number of hydrogen-bond donors (Lipinski definition) is 1. The molecule has 0 unspecified atom stereocenters. The third kappa shape index (κ3) is 3.51. The molecule has 0 aliphatic rings. The van der Waals surface area contributed by atoms with Crippen molar-refractivity contribution in [3.8, 4) is 5.75 Å². The van der Waals surface area contributed by atoms with Crippen molar-refractivity contribution in [3.63, 3.8) is 0 Å². The maximum atomic E-state index is 13.7. The topological polar surface area (TPSA) is 34.1 Å². The summed E-state index contributed by atoms with van der Waals surface area (Å²) >= 11 is 1.49. The van der Waals surface area contributed by atoms with E-state index in [1.807, 2.05) is 18.4 Å². The zero-order valence-electron chi connectivity index (χ0n) is 10.1. The van der Waals surface area contributed by atoms with E-state index in [4.69, 9.17) is 4.74 Å². The fraction of sp³-hybridized carbons (Fsp3) is 0.308. The minimum atomic E-state index is -0.332. The van der Waals surface area contributed by atoms with Crippen LogP contribution in [-0.4, -0.2) is 11.5 Å². The Kier molecular flexibility index (Phi) is 4.66. The molecule has 0 fully saturated rings. The Morgan fingerprint density at radius 1 is 1.44 bits per heavy atom. The van der Waals surface area contributed by atoms with Crippen molar-refractivity contribution in [1.29, 1.82) is 0 Å². The standard InChI is InChI=1S/C13H15FN2OS/c1-2-15-8-10-3-4-12(11(14)7-10)17-9-13-16-5-6-18-13/h3-7,15H,2,8-9H2,1H3. The van der Waals surface area contributed by atoms with Crippen molar-refractivity contribution in [2.24, 2.45) is 0 Å². The Balaban J connectivity index is 1.96. The van der Waals surface area contributed by atoms with Gasteiger partial charge in [-0.15, -0.1) is 11.3 Å². The molecule has 18 heavy (non-hydrogen) atoms. The number of benzene rings is 1. The quantitative estimate of drug-likeness (QED) is 0.873. The van der Waals surface area contributed by atoms with Crippen molar-refractivity contribution in [1.82, 2.24) is 10.3 Å². The third-order valence-electron chi connectivity index (χ3n) is 2.41. The van der Waals surface area contributed by atoms with Gasteiger partial charge in [-0.1, -0.05) is 13.0 Å². The normalized spacial score (nSPS) is 10.6. The molecule has 1 aromatic heterocycles. The molecule has 3 nitrogen and oxygen atoms in total. The number of hydrogen-bond acceptors (Lipinski definition) is 4. The maximum absolute atomic E-state index is 13.7. The zero-order valence-corrected chi connectivity index (χ0v) is 11.0. The van der Waals surface area contributed by atoms with Crippen LogP contribution in [0.15, 0.2) is 29.8 Å². The first kappa shape index (κ1) is 13.0. The Morgan fingerprint density at radius 2 is 2.33 bits per heavy atom. The highest BCUT2D eigenvalue weighted by Crippen LogP contribution is 2.20. The molecule has 0 bridgehead atoms. The number of ether oxygens (including phenoxy) is 1. The smallest absolute Gasteiger partial charge is 0.165 e. The Morgan fingerprint density at radius 3 is 3.00 bits per heavy atom. The summed E-state index contributed by atoms with van der Waals surface area (Å²) in [4.78, 5) is 4.08. The first-order valence-electron chi connectivity index (χ1n) is 5.80. The molecular weight excluding hydrogens is 251 g/mol. The molecule has 2 rings (SSSR count). The second-order valence-electron chi connectivity index (χ2n) is 3.76. The molecule has 0 aliphatic heterocycles. The highest BCUT2D eigenvalue weighted by molar-refractivity contribution is 7.09. The molecule has 0 amide bonds. The minimum absolute atomic E-state index is 0.269. The number of thiazole rings is 1. The Hall–Kier alpha value is -1.46. The van der Waals surface area contributed by atoms with Crippen molar-refractivity contribution in [2.45, 2.75) is 20.1 Å². The van der Waals surface area contributed by atoms with Gasteiger partial charge < -0.3 is 10.1 Å². The van der Waals surface area contributed by atoms with Gasteiger partial charge in [-0.3, -0.25) is 0 Å². The van der Waals surface area contributed by atoms with Gasteiger partial charge in [0.05, 0.1) is 0 Å². The molecule has 0 saturated heterocycles. The van der Waals surface area contributed by atoms with Gasteiger partial charge in [0.1, 0.15) is 11.6 Å². The molecule has 0 saturated carbocycles. The summed E-state index contributed by atoms with van der Waals surface area (Å²) in [7, 11) is 0. The molecule has 0 aliphatic carbocycles. The highest BCUT2D eigenvalue weighted by atomic mass is 32.1. The first-order chi connectivity index (χ1) is 8.79. The lowest BCUT2D eigenvalue weighted by atomic mass is 10.2. The van der Waals surface area contributed by atoms with E-state index in [9.17, 15) is 4.39 Å². The summed E-state index contributed by atoms with van der Waals surface area (Å²) in [5.74, 6) is -0.0626. The molecule has 2 aromatic rings. The average Bonchev–Trinajstić information content (AvgIpc) is 2.88. The second kappa shape index (κ2) is 6.47. The van der Waals surface area contributed by atoms with Crippen molar-refractivity contribution in [3.05, 3.63) is 46.2 Å². The van der Waals surface area contributed by atoms with E-state index in [2.05, 4.69) is 10.3 Å². The van der Waals surface area contributed by atoms with E-state index >= 15 is 0 Å². The summed E-state index contributed by atoms with van der Waals surface area (Å²) in [6.07, 6.45) is 1.71. The maximum Gasteiger partial charge on any atom is 0.165 e. The minimum Gasteiger partial charge on any atom is -0.483 e. The molecule has 0 atom stereocenters. The van der Waals surface area contributed by atoms with E-state index in [0.717, 1.165) is 17.1 Å². The van der Waals surface area contributed by atoms with Gasteiger partial charge in [-0.2, -0.15) is 0 Å². The Labute approximate surface area is 110 Å². The zero-order chi connectivity index (χ0) is 12.8. The number of nitrogens with one attached hydrogen (secondary N) is 1. The summed E-state index contributed by atoms with van der Waals surface area (Å²) in [5.41, 5.74) is 0.913. The number of nitrogens with zero attached hydrogens (tertiary/aromatic N) is 1. The van der Waals surface area contributed by atoms with Gasteiger partial charge in [-0.05, 0) is 24.2 Å². The predicted molar refractivity (Wildman–Crippen MR) is 70.2 cm³/mol. The van der Waals surface area contributed by atoms with Crippen LogP contribution in [0.25, 0.3) is 0 Å². The number of aromatic nitrogens is 1. The van der Waals surface area contributed by atoms with Gasteiger partial charge in [0.25, 0.3) is 0 Å². The van der Waals surface area contributed by atoms with E-state index in [1.165, 1.54) is 17.4 Å². The van der Waals surface area contributed by atoms with Gasteiger partial charge in [-0.25, -0.2) is 9.37 Å². The van der Waals surface area contributed by atoms with Crippen LogP contribution in [0.2, 0.25) is 0 Å². The van der Waals surface area contributed by atoms with Crippen LogP contribution in [0.3, 0.4) is 0 Å². The summed E-state index contributed by atoms with van der Waals surface area (Å²) < 4.78 is 19.1. The molecule has 0 spiro atoms. The lowest BCUT2D eigenvalue weighted by molar-refractivity contribution is 0.289. The summed E-state index contributed by atoms with van der Waals surface area (Å²) in [6, 6.07) is 5.03. The summed E-state index contributed by atoms with van der Waals surface area (Å²) in [6.45, 7) is 3.85. The lowest BCUT2D eigenvalue weighted by Gasteiger charge is -2.07. The van der Waals surface area contributed by atoms with Crippen molar-refractivity contribution >= 4 is 11.3 Å². The van der Waals surface area contributed by atoms with Crippen LogP contribution in [-0.2, 0) is 13.2 Å². The first-order valence-corrected chi connectivity index (χ1v) is 6.68. The molecule has 5 heteroatoms. The Bertz CT molecular complexity index is 488. The van der Waals surface area contributed by atoms with Gasteiger partial charge in [0.2, 0.25) is 0 Å². The summed E-state index contributed by atoms with van der Waals surface area (Å²) in [5, 5.41) is 5.86. The molecule has 96 valence electrons. The van der Waals surface area contributed by atoms with Gasteiger partial charge in [0.15, 0.2) is 11.6 Å². The van der Waals surface area contributed by atoms with Gasteiger partial charge >= 0.3 is 0 Å². The van der Waals surface area contributed by atoms with Crippen LogP contribution in [0, 0.1) is 5.82 Å². The highest BCUT2D eigenvalue weighted by Gasteiger charge is 2.05. The predicted octanol–water partition coefficient (Wildman–Crippen LogP) is 2.97.